The molecule has 0 saturated heterocycles. The number of nitrogens with zero attached hydrogens (tertiary/aromatic N) is 3. The molecule has 5 rings (SSSR count). The number of nitrogens with one attached hydrogen (secondary N) is 2. The fraction of sp³-hybridized carbons (Fsp3) is 0.179. The number of pyridine rings is 1. The molecule has 0 aliphatic heterocycles. The van der Waals surface area contributed by atoms with Crippen molar-refractivity contribution in [2.75, 3.05) is 30.0 Å². The van der Waals surface area contributed by atoms with Gasteiger partial charge in [-0.3, -0.25) is 13.9 Å². The molecule has 0 unspecified atom stereocenters. The van der Waals surface area contributed by atoms with E-state index in [1.807, 2.05) is 0 Å². The quantitative estimate of drug-likeness (QED) is 0.175. The number of H-pyrrole nitrogens is 1. The number of benzene rings is 2. The average molecular weight is 615 g/mol. The third kappa shape index (κ3) is 5.97. The summed E-state index contributed by atoms with van der Waals surface area (Å²) in [5, 5.41) is 4.78. The molecule has 2 aromatic carbocycles. The van der Waals surface area contributed by atoms with Crippen LogP contribution in [0.4, 0.5) is 24.7 Å². The van der Waals surface area contributed by atoms with Crippen molar-refractivity contribution in [1.82, 2.24) is 19.7 Å². The second kappa shape index (κ2) is 11.7. The Labute approximate surface area is 243 Å². The number of anilines is 2. The zero-order chi connectivity index (χ0) is 30.9. The van der Waals surface area contributed by atoms with E-state index in [1.54, 1.807) is 19.1 Å². The van der Waals surface area contributed by atoms with Crippen LogP contribution in [0.2, 0.25) is 0 Å². The summed E-state index contributed by atoms with van der Waals surface area (Å²) in [6, 6.07) is 9.35. The summed E-state index contributed by atoms with van der Waals surface area (Å²) < 4.78 is 79.4. The zero-order valence-corrected chi connectivity index (χ0v) is 23.6. The lowest BCUT2D eigenvalue weighted by atomic mass is 10.1. The number of carbonyl (C=O) groups excluding carboxylic acids is 1. The number of halogens is 3. The van der Waals surface area contributed by atoms with Crippen molar-refractivity contribution < 1.29 is 35.9 Å². The van der Waals surface area contributed by atoms with Crippen LogP contribution >= 0.6 is 0 Å². The molecule has 0 spiro atoms. The number of sulfonamides is 1. The first-order chi connectivity index (χ1) is 20.5. The van der Waals surface area contributed by atoms with E-state index in [-0.39, 0.29) is 40.8 Å². The van der Waals surface area contributed by atoms with E-state index in [9.17, 15) is 26.4 Å². The number of nitrogen functional groups attached to an aromatic ring is 1. The van der Waals surface area contributed by atoms with Crippen molar-refractivity contribution in [3.8, 4) is 23.1 Å². The maximum atomic E-state index is 14.0. The van der Waals surface area contributed by atoms with Gasteiger partial charge in [-0.25, -0.2) is 26.9 Å². The monoisotopic (exact) mass is 614 g/mol. The highest BCUT2D eigenvalue weighted by Crippen LogP contribution is 2.33. The second-order valence-corrected chi connectivity index (χ2v) is 11.3. The average Bonchev–Trinajstić information content (AvgIpc) is 3.56. The maximum absolute atomic E-state index is 14.0. The van der Waals surface area contributed by atoms with Crippen LogP contribution in [-0.4, -0.2) is 53.5 Å². The zero-order valence-electron chi connectivity index (χ0n) is 22.8. The summed E-state index contributed by atoms with van der Waals surface area (Å²) in [4.78, 5) is 20.5. The number of hydrogen-bond acceptors (Lipinski definition) is 8. The molecule has 224 valence electrons. The molecule has 0 aliphatic rings. The van der Waals surface area contributed by atoms with Crippen LogP contribution in [0.3, 0.4) is 0 Å². The molecule has 3 aromatic heterocycles. The standard InChI is InChI=1S/C28H25F3N6O5S/c1-15-9-25(42-27-18(30)5-3-6-19(27)31)33-14-23(15)37-28(32)17(13-34-37)26(38)22-10-16-11-24(41-2)21(12-20(16)35-22)36-43(39,40)8-4-7-29/h3,5-6,9-14,35-36H,4,7-8,32H2,1-2H3. The highest BCUT2D eigenvalue weighted by molar-refractivity contribution is 7.92. The van der Waals surface area contributed by atoms with Gasteiger partial charge in [0.25, 0.3) is 0 Å². The van der Waals surface area contributed by atoms with E-state index in [0.717, 1.165) is 12.1 Å². The van der Waals surface area contributed by atoms with E-state index < -0.39 is 45.6 Å². The Morgan fingerprint density at radius 1 is 1.14 bits per heavy atom. The number of nitrogens with two attached hydrogens (primary N) is 1. The van der Waals surface area contributed by atoms with Crippen molar-refractivity contribution in [3.05, 3.63) is 83.3 Å². The Hall–Kier alpha value is -5.05. The lowest BCUT2D eigenvalue weighted by Crippen LogP contribution is -2.17. The van der Waals surface area contributed by atoms with Gasteiger partial charge in [-0.05, 0) is 49.2 Å². The predicted octanol–water partition coefficient (Wildman–Crippen LogP) is 5.05. The van der Waals surface area contributed by atoms with Crippen molar-refractivity contribution in [1.29, 1.82) is 0 Å². The number of ketones is 1. The largest absolute Gasteiger partial charge is 0.495 e. The van der Waals surface area contributed by atoms with E-state index in [0.29, 0.717) is 22.2 Å². The molecule has 5 aromatic rings. The molecule has 4 N–H and O–H groups in total. The Morgan fingerprint density at radius 3 is 2.56 bits per heavy atom. The van der Waals surface area contributed by atoms with Crippen LogP contribution in [0.5, 0.6) is 17.4 Å². The first kappa shape index (κ1) is 29.4. The number of para-hydroxylation sites is 1. The number of alkyl halides is 1. The maximum Gasteiger partial charge on any atom is 0.232 e. The SMILES string of the molecule is COc1cc2cc(C(=O)c3cnn(-c4cnc(Oc5c(F)cccc5F)cc4C)c3N)[nH]c2cc1NS(=O)(=O)CCCF. The number of aromatic nitrogens is 4. The first-order valence-electron chi connectivity index (χ1n) is 12.8. The van der Waals surface area contributed by atoms with Gasteiger partial charge in [0.2, 0.25) is 27.4 Å². The highest BCUT2D eigenvalue weighted by atomic mass is 32.2. The lowest BCUT2D eigenvalue weighted by Gasteiger charge is -2.11. The van der Waals surface area contributed by atoms with Gasteiger partial charge in [-0.2, -0.15) is 5.10 Å². The normalized spacial score (nSPS) is 11.6. The number of aryl methyl sites for hydroxylation is 1. The summed E-state index contributed by atoms with van der Waals surface area (Å²) in [7, 11) is -2.47. The van der Waals surface area contributed by atoms with E-state index in [4.69, 9.17) is 15.2 Å². The molecule has 15 heteroatoms. The lowest BCUT2D eigenvalue weighted by molar-refractivity contribution is 0.103. The molecule has 3 heterocycles. The summed E-state index contributed by atoms with van der Waals surface area (Å²) >= 11 is 0. The Balaban J connectivity index is 1.41. The molecule has 0 atom stereocenters. The fourth-order valence-corrected chi connectivity index (χ4v) is 5.43. The molecule has 43 heavy (non-hydrogen) atoms. The smallest absolute Gasteiger partial charge is 0.232 e. The van der Waals surface area contributed by atoms with Gasteiger partial charge in [0.15, 0.2) is 11.6 Å². The predicted molar refractivity (Wildman–Crippen MR) is 153 cm³/mol. The van der Waals surface area contributed by atoms with E-state index in [2.05, 4.69) is 19.8 Å². The molecular formula is C28H25F3N6O5S. The third-order valence-electron chi connectivity index (χ3n) is 6.46. The second-order valence-electron chi connectivity index (χ2n) is 9.43. The van der Waals surface area contributed by atoms with Crippen LogP contribution in [0.1, 0.15) is 28.0 Å². The van der Waals surface area contributed by atoms with E-state index in [1.165, 1.54) is 42.4 Å². The summed E-state index contributed by atoms with van der Waals surface area (Å²) in [6.07, 6.45) is 2.47. The summed E-state index contributed by atoms with van der Waals surface area (Å²) in [5.74, 6) is -3.12. The van der Waals surface area contributed by atoms with Gasteiger partial charge in [0.05, 0.1) is 54.6 Å². The summed E-state index contributed by atoms with van der Waals surface area (Å²) in [6.45, 7) is 0.907. The Bertz CT molecular complexity index is 1940. The van der Waals surface area contributed by atoms with Gasteiger partial charge in [0.1, 0.15) is 11.6 Å². The van der Waals surface area contributed by atoms with Gasteiger partial charge in [-0.15, -0.1) is 0 Å². The number of ether oxygens (including phenoxy) is 2. The number of carbonyl (C=O) groups is 1. The van der Waals surface area contributed by atoms with Crippen molar-refractivity contribution in [2.45, 2.75) is 13.3 Å². The highest BCUT2D eigenvalue weighted by Gasteiger charge is 2.22. The van der Waals surface area contributed by atoms with Crippen molar-refractivity contribution in [3.63, 3.8) is 0 Å². The van der Waals surface area contributed by atoms with Crippen molar-refractivity contribution >= 4 is 38.2 Å². The van der Waals surface area contributed by atoms with Crippen LogP contribution < -0.4 is 19.9 Å². The number of fused-ring (bicyclic) bond motifs is 1. The van der Waals surface area contributed by atoms with Crippen LogP contribution in [0, 0.1) is 18.6 Å². The van der Waals surface area contributed by atoms with Crippen molar-refractivity contribution in [2.24, 2.45) is 0 Å². The summed E-state index contributed by atoms with van der Waals surface area (Å²) in [5.41, 5.74) is 8.00. The number of rotatable bonds is 11. The van der Waals surface area contributed by atoms with Gasteiger partial charge in [0, 0.05) is 17.0 Å². The number of hydrogen-bond donors (Lipinski definition) is 3. The van der Waals surface area contributed by atoms with Crippen LogP contribution in [-0.2, 0) is 10.0 Å². The minimum Gasteiger partial charge on any atom is -0.495 e. The molecule has 0 bridgehead atoms. The minimum absolute atomic E-state index is 0.00117. The topological polar surface area (TPSA) is 154 Å². The number of methoxy groups -OCH3 is 1. The van der Waals surface area contributed by atoms with Gasteiger partial charge in [-0.1, -0.05) is 6.07 Å². The first-order valence-corrected chi connectivity index (χ1v) is 14.4. The molecular weight excluding hydrogens is 589 g/mol. The third-order valence-corrected chi connectivity index (χ3v) is 7.82. The van der Waals surface area contributed by atoms with Crippen LogP contribution in [0.15, 0.2) is 54.9 Å². The Morgan fingerprint density at radius 2 is 1.88 bits per heavy atom. The molecule has 0 aliphatic carbocycles. The van der Waals surface area contributed by atoms with Gasteiger partial charge < -0.3 is 20.2 Å². The molecule has 11 nitrogen and oxygen atoms in total. The number of aromatic amines is 1. The minimum atomic E-state index is -3.83. The van der Waals surface area contributed by atoms with Gasteiger partial charge >= 0.3 is 0 Å². The molecule has 0 saturated carbocycles. The molecule has 0 fully saturated rings. The van der Waals surface area contributed by atoms with E-state index >= 15 is 0 Å². The Kier molecular flexibility index (Phi) is 8.00. The molecule has 0 amide bonds. The molecule has 0 radical (unpaired) electrons. The fourth-order valence-electron chi connectivity index (χ4n) is 4.35. The van der Waals surface area contributed by atoms with Crippen LogP contribution in [0.25, 0.3) is 16.6 Å².